The van der Waals surface area contributed by atoms with Crippen LogP contribution >= 0.6 is 0 Å². The molecule has 0 saturated heterocycles. The second-order valence-corrected chi connectivity index (χ2v) is 3.68. The fourth-order valence-electron chi connectivity index (χ4n) is 1.69. The summed E-state index contributed by atoms with van der Waals surface area (Å²) in [6.45, 7) is 0. The minimum atomic E-state index is 0.0270. The number of hydrogen-bond donors (Lipinski definition) is 1. The molecule has 0 amide bonds. The smallest absolute Gasteiger partial charge is 0.115 e. The third-order valence-electron chi connectivity index (χ3n) is 2.57. The molecule has 78 valence electrons. The van der Waals surface area contributed by atoms with E-state index in [-0.39, 0.29) is 6.04 Å². The minimum absolute atomic E-state index is 0.0270. The van der Waals surface area contributed by atoms with Gasteiger partial charge in [0.2, 0.25) is 0 Å². The summed E-state index contributed by atoms with van der Waals surface area (Å²) in [5.41, 5.74) is 1.13. The molecule has 0 bridgehead atoms. The van der Waals surface area contributed by atoms with E-state index in [9.17, 15) is 5.11 Å². The molecule has 1 unspecified atom stereocenters. The van der Waals surface area contributed by atoms with Crippen molar-refractivity contribution in [1.82, 2.24) is 9.88 Å². The zero-order valence-corrected chi connectivity index (χ0v) is 8.67. The Labute approximate surface area is 89.4 Å². The lowest BCUT2D eigenvalue weighted by Gasteiger charge is -2.28. The number of likely N-dealkylation sites (N-methyl/N-ethyl adjacent to an activating group) is 1. The molecule has 1 aromatic rings. The number of aliphatic hydroxyl groups is 1. The summed E-state index contributed by atoms with van der Waals surface area (Å²) < 4.78 is 0. The Balaban J connectivity index is 2.12. The van der Waals surface area contributed by atoms with Gasteiger partial charge >= 0.3 is 0 Å². The average Bonchev–Trinajstić information content (AvgIpc) is 2.25. The van der Waals surface area contributed by atoms with E-state index in [0.717, 1.165) is 12.0 Å². The number of pyridine rings is 1. The Morgan fingerprint density at radius 3 is 3.07 bits per heavy atom. The van der Waals surface area contributed by atoms with Gasteiger partial charge in [0, 0.05) is 25.9 Å². The van der Waals surface area contributed by atoms with E-state index in [4.69, 9.17) is 0 Å². The topological polar surface area (TPSA) is 36.4 Å². The van der Waals surface area contributed by atoms with Gasteiger partial charge in [0.05, 0.1) is 6.04 Å². The molecule has 15 heavy (non-hydrogen) atoms. The highest BCUT2D eigenvalue weighted by Crippen LogP contribution is 2.16. The molecule has 1 N–H and O–H groups in total. The van der Waals surface area contributed by atoms with Crippen molar-refractivity contribution in [2.24, 2.45) is 0 Å². The van der Waals surface area contributed by atoms with E-state index in [0.29, 0.717) is 5.76 Å². The molecular weight excluding hydrogens is 188 g/mol. The van der Waals surface area contributed by atoms with Crippen LogP contribution < -0.4 is 0 Å². The quantitative estimate of drug-likeness (QED) is 0.795. The molecule has 1 atom stereocenters. The zero-order chi connectivity index (χ0) is 10.7. The van der Waals surface area contributed by atoms with Crippen LogP contribution in [-0.4, -0.2) is 28.1 Å². The number of allylic oxidation sites excluding steroid dienone is 2. The molecule has 0 saturated carbocycles. The van der Waals surface area contributed by atoms with E-state index in [1.165, 1.54) is 0 Å². The van der Waals surface area contributed by atoms with Crippen LogP contribution in [-0.2, 0) is 6.42 Å². The van der Waals surface area contributed by atoms with Gasteiger partial charge in [-0.25, -0.2) is 0 Å². The summed E-state index contributed by atoms with van der Waals surface area (Å²) in [5.74, 6) is 0.406. The van der Waals surface area contributed by atoms with E-state index < -0.39 is 0 Å². The maximum atomic E-state index is 9.75. The van der Waals surface area contributed by atoms with Gasteiger partial charge in [0.15, 0.2) is 0 Å². The third-order valence-corrected chi connectivity index (χ3v) is 2.57. The molecule has 0 fully saturated rings. The normalized spacial score (nSPS) is 20.2. The molecule has 1 aliphatic rings. The highest BCUT2D eigenvalue weighted by Gasteiger charge is 2.19. The number of aromatic nitrogens is 1. The number of aliphatic hydroxyl groups excluding tert-OH is 1. The van der Waals surface area contributed by atoms with Gasteiger partial charge in [-0.1, -0.05) is 6.07 Å². The maximum Gasteiger partial charge on any atom is 0.115 e. The monoisotopic (exact) mass is 202 g/mol. The van der Waals surface area contributed by atoms with Crippen molar-refractivity contribution in [2.45, 2.75) is 12.5 Å². The van der Waals surface area contributed by atoms with Gasteiger partial charge in [0.1, 0.15) is 5.76 Å². The van der Waals surface area contributed by atoms with E-state index in [2.05, 4.69) is 4.98 Å². The van der Waals surface area contributed by atoms with Crippen molar-refractivity contribution in [3.05, 3.63) is 54.2 Å². The maximum absolute atomic E-state index is 9.75. The summed E-state index contributed by atoms with van der Waals surface area (Å²) in [6, 6.07) is 3.96. The summed E-state index contributed by atoms with van der Waals surface area (Å²) in [7, 11) is 1.96. The molecule has 3 heteroatoms. The van der Waals surface area contributed by atoms with Crippen molar-refractivity contribution in [2.75, 3.05) is 7.05 Å². The molecule has 2 rings (SSSR count). The highest BCUT2D eigenvalue weighted by molar-refractivity contribution is 5.21. The number of nitrogens with zero attached hydrogens (tertiary/aromatic N) is 2. The number of hydrogen-bond acceptors (Lipinski definition) is 3. The molecule has 0 radical (unpaired) electrons. The lowest BCUT2D eigenvalue weighted by molar-refractivity contribution is 0.255. The van der Waals surface area contributed by atoms with Gasteiger partial charge in [0.25, 0.3) is 0 Å². The summed E-state index contributed by atoms with van der Waals surface area (Å²) in [4.78, 5) is 6.06. The molecule has 0 aromatic carbocycles. The summed E-state index contributed by atoms with van der Waals surface area (Å²) >= 11 is 0. The van der Waals surface area contributed by atoms with Gasteiger partial charge < -0.3 is 10.0 Å². The van der Waals surface area contributed by atoms with Crippen LogP contribution in [0.1, 0.15) is 5.56 Å². The van der Waals surface area contributed by atoms with Crippen LogP contribution in [0, 0.1) is 0 Å². The molecular formula is C12H14N2O. The van der Waals surface area contributed by atoms with Gasteiger partial charge in [-0.15, -0.1) is 0 Å². The van der Waals surface area contributed by atoms with Gasteiger partial charge in [-0.3, -0.25) is 4.98 Å². The Hall–Kier alpha value is -1.77. The third kappa shape index (κ3) is 2.18. The van der Waals surface area contributed by atoms with Crippen molar-refractivity contribution >= 4 is 0 Å². The Morgan fingerprint density at radius 1 is 1.53 bits per heavy atom. The van der Waals surface area contributed by atoms with E-state index >= 15 is 0 Å². The fourth-order valence-corrected chi connectivity index (χ4v) is 1.69. The molecule has 1 aromatic heterocycles. The lowest BCUT2D eigenvalue weighted by atomic mass is 10.0. The minimum Gasteiger partial charge on any atom is -0.510 e. The fraction of sp³-hybridized carbons (Fsp3) is 0.250. The number of rotatable bonds is 2. The van der Waals surface area contributed by atoms with E-state index in [1.54, 1.807) is 12.3 Å². The highest BCUT2D eigenvalue weighted by atomic mass is 16.3. The average molecular weight is 202 g/mol. The largest absolute Gasteiger partial charge is 0.510 e. The first-order chi connectivity index (χ1) is 7.27. The first-order valence-electron chi connectivity index (χ1n) is 4.95. The Kier molecular flexibility index (Phi) is 2.72. The van der Waals surface area contributed by atoms with Gasteiger partial charge in [-0.05, 0) is 30.0 Å². The van der Waals surface area contributed by atoms with Crippen molar-refractivity contribution in [3.63, 3.8) is 0 Å². The molecule has 3 nitrogen and oxygen atoms in total. The van der Waals surface area contributed by atoms with Crippen molar-refractivity contribution in [1.29, 1.82) is 0 Å². The zero-order valence-electron chi connectivity index (χ0n) is 8.67. The molecule has 1 aliphatic heterocycles. The summed E-state index contributed by atoms with van der Waals surface area (Å²) in [5, 5.41) is 9.75. The molecule has 0 aliphatic carbocycles. The van der Waals surface area contributed by atoms with Gasteiger partial charge in [-0.2, -0.15) is 0 Å². The standard InChI is InChI=1S/C12H14N2O/c1-14-7-3-5-12(15)11(14)8-10-4-2-6-13-9-10/h2-7,9,11,15H,8H2,1H3. The SMILES string of the molecule is CN1C=CC=C(O)C1Cc1cccnc1. The summed E-state index contributed by atoms with van der Waals surface area (Å²) in [6.07, 6.45) is 9.90. The van der Waals surface area contributed by atoms with Crippen LogP contribution in [0.2, 0.25) is 0 Å². The van der Waals surface area contributed by atoms with Crippen molar-refractivity contribution < 1.29 is 5.11 Å². The Morgan fingerprint density at radius 2 is 2.40 bits per heavy atom. The second-order valence-electron chi connectivity index (χ2n) is 3.68. The predicted molar refractivity (Wildman–Crippen MR) is 59.3 cm³/mol. The van der Waals surface area contributed by atoms with Crippen LogP contribution in [0.5, 0.6) is 0 Å². The lowest BCUT2D eigenvalue weighted by Crippen LogP contribution is -2.32. The van der Waals surface area contributed by atoms with Crippen LogP contribution in [0.4, 0.5) is 0 Å². The predicted octanol–water partition coefficient (Wildman–Crippen LogP) is 1.89. The second kappa shape index (κ2) is 4.17. The Bertz CT molecular complexity index is 384. The van der Waals surface area contributed by atoms with Crippen LogP contribution in [0.15, 0.2) is 48.6 Å². The first-order valence-corrected chi connectivity index (χ1v) is 4.95. The molecule has 2 heterocycles. The van der Waals surface area contributed by atoms with Crippen LogP contribution in [0.3, 0.4) is 0 Å². The van der Waals surface area contributed by atoms with Crippen molar-refractivity contribution in [3.8, 4) is 0 Å². The van der Waals surface area contributed by atoms with E-state index in [1.807, 2.05) is 42.6 Å². The first kappa shape index (κ1) is 9.77. The van der Waals surface area contributed by atoms with Crippen LogP contribution in [0.25, 0.3) is 0 Å². The molecule has 0 spiro atoms.